The second-order valence-electron chi connectivity index (χ2n) is 9.49. The van der Waals surface area contributed by atoms with Crippen LogP contribution in [0.1, 0.15) is 66.1 Å². The van der Waals surface area contributed by atoms with Gasteiger partial charge in [0.1, 0.15) is 0 Å². The summed E-state index contributed by atoms with van der Waals surface area (Å²) in [7, 11) is -1.91. The topological polar surface area (TPSA) is 65.7 Å². The molecule has 0 radical (unpaired) electrons. The number of rotatable bonds is 6. The van der Waals surface area contributed by atoms with E-state index in [4.69, 9.17) is 0 Å². The first-order chi connectivity index (χ1) is 13.6. The molecule has 1 unspecified atom stereocenters. The van der Waals surface area contributed by atoms with E-state index >= 15 is 0 Å². The van der Waals surface area contributed by atoms with Gasteiger partial charge in [-0.1, -0.05) is 53.7 Å². The first-order valence-corrected chi connectivity index (χ1v) is 13.1. The van der Waals surface area contributed by atoms with Gasteiger partial charge in [-0.3, -0.25) is 0 Å². The van der Waals surface area contributed by atoms with Gasteiger partial charge in [-0.05, 0) is 58.7 Å². The van der Waals surface area contributed by atoms with E-state index < -0.39 is 20.4 Å². The van der Waals surface area contributed by atoms with Gasteiger partial charge in [0.05, 0.1) is 12.1 Å². The van der Waals surface area contributed by atoms with Gasteiger partial charge in [0.2, 0.25) is 0 Å². The van der Waals surface area contributed by atoms with Crippen molar-refractivity contribution in [1.29, 1.82) is 0 Å². The summed E-state index contributed by atoms with van der Waals surface area (Å²) in [5, 5.41) is 21.7. The van der Waals surface area contributed by atoms with Crippen molar-refractivity contribution in [2.75, 3.05) is 6.54 Å². The molecule has 1 aliphatic rings. The largest absolute Gasteiger partial charge is 0.465 e. The maximum atomic E-state index is 11.5. The molecule has 5 nitrogen and oxygen atoms in total. The smallest absolute Gasteiger partial charge is 0.407 e. The van der Waals surface area contributed by atoms with Gasteiger partial charge >= 0.3 is 6.09 Å². The molecule has 1 aromatic carbocycles. The average Bonchev–Trinajstić information content (AvgIpc) is 3.28. The van der Waals surface area contributed by atoms with E-state index in [9.17, 15) is 15.0 Å². The summed E-state index contributed by atoms with van der Waals surface area (Å²) in [5.41, 5.74) is 3.70. The van der Waals surface area contributed by atoms with E-state index in [2.05, 4.69) is 70.2 Å². The molecule has 160 valence electrons. The monoisotopic (exact) mass is 416 g/mol. The molecule has 0 bridgehead atoms. The van der Waals surface area contributed by atoms with Crippen LogP contribution in [0.25, 0.3) is 10.9 Å². The molecule has 1 aromatic heterocycles. The Hall–Kier alpha value is -1.79. The molecule has 1 fully saturated rings. The molecule has 0 aliphatic carbocycles. The second-order valence-corrected chi connectivity index (χ2v) is 15.2. The van der Waals surface area contributed by atoms with Crippen LogP contribution in [0.2, 0.25) is 16.6 Å². The number of nitrogens with zero attached hydrogens (tertiary/aromatic N) is 2. The first-order valence-electron chi connectivity index (χ1n) is 10.9. The van der Waals surface area contributed by atoms with Crippen molar-refractivity contribution >= 4 is 25.2 Å². The van der Waals surface area contributed by atoms with Crippen molar-refractivity contribution in [3.8, 4) is 0 Å². The molecule has 29 heavy (non-hydrogen) atoms. The van der Waals surface area contributed by atoms with Gasteiger partial charge in [-0.25, -0.2) is 4.79 Å². The highest BCUT2D eigenvalue weighted by molar-refractivity contribution is 6.82. The van der Waals surface area contributed by atoms with E-state index in [1.165, 1.54) is 15.8 Å². The number of aliphatic hydroxyl groups is 1. The Labute approximate surface area is 175 Å². The van der Waals surface area contributed by atoms with Crippen molar-refractivity contribution in [3.05, 3.63) is 36.0 Å². The van der Waals surface area contributed by atoms with Crippen LogP contribution in [0.4, 0.5) is 4.79 Å². The molecule has 2 N–H and O–H groups in total. The molecule has 2 heterocycles. The Morgan fingerprint density at radius 3 is 2.24 bits per heavy atom. The maximum Gasteiger partial charge on any atom is 0.407 e. The van der Waals surface area contributed by atoms with Crippen LogP contribution >= 0.6 is 0 Å². The molecule has 2 atom stereocenters. The molecule has 3 rings (SSSR count). The Morgan fingerprint density at radius 2 is 1.69 bits per heavy atom. The first kappa shape index (κ1) is 21.9. The summed E-state index contributed by atoms with van der Waals surface area (Å²) >= 11 is 0. The third-order valence-electron chi connectivity index (χ3n) is 7.16. The number of aromatic nitrogens is 1. The minimum atomic E-state index is -1.91. The summed E-state index contributed by atoms with van der Waals surface area (Å²) in [6.07, 6.45) is 2.01. The lowest BCUT2D eigenvalue weighted by atomic mass is 9.99. The van der Waals surface area contributed by atoms with E-state index in [1.54, 1.807) is 0 Å². The lowest BCUT2D eigenvalue weighted by Gasteiger charge is -2.44. The third kappa shape index (κ3) is 3.50. The molecular formula is C23H36N2O3Si. The molecule has 1 amide bonds. The van der Waals surface area contributed by atoms with Crippen LogP contribution in [0.5, 0.6) is 0 Å². The number of likely N-dealkylation sites (tertiary alicyclic amines) is 1. The SMILES string of the molecule is CC(C)[Si](C(C)C)(C(C)C)n1ccc2ccc(C(O)[C@@H]3CCCN3C(=O)O)cc21. The number of benzene rings is 1. The van der Waals surface area contributed by atoms with Crippen molar-refractivity contribution in [1.82, 2.24) is 9.13 Å². The fraction of sp³-hybridized carbons (Fsp3) is 0.609. The van der Waals surface area contributed by atoms with E-state index in [1.807, 2.05) is 6.07 Å². The molecule has 1 saturated heterocycles. The Balaban J connectivity index is 2.10. The second kappa shape index (κ2) is 8.15. The predicted octanol–water partition coefficient (Wildman–Crippen LogP) is 5.84. The fourth-order valence-corrected chi connectivity index (χ4v) is 12.7. The minimum Gasteiger partial charge on any atom is -0.465 e. The van der Waals surface area contributed by atoms with Gasteiger partial charge in [0, 0.05) is 12.1 Å². The summed E-state index contributed by atoms with van der Waals surface area (Å²) in [4.78, 5) is 12.9. The Morgan fingerprint density at radius 1 is 1.07 bits per heavy atom. The van der Waals surface area contributed by atoms with Crippen LogP contribution < -0.4 is 0 Å². The highest BCUT2D eigenvalue weighted by Gasteiger charge is 2.45. The number of fused-ring (bicyclic) bond motifs is 1. The summed E-state index contributed by atoms with van der Waals surface area (Å²) in [6.45, 7) is 14.6. The quantitative estimate of drug-likeness (QED) is 0.581. The fourth-order valence-electron chi connectivity index (χ4n) is 6.08. The maximum absolute atomic E-state index is 11.5. The number of carboxylic acid groups (broad SMARTS) is 1. The standard InChI is InChI=1S/C23H36N2O3Si/c1-15(2)29(16(3)4,17(5)6)25-13-11-18-9-10-19(14-21(18)25)22(26)20-8-7-12-24(20)23(27)28/h9-11,13-17,20,22,26H,7-8,12H2,1-6H3,(H,27,28)/t20-,22?/m0/s1. The Bertz CT molecular complexity index is 852. The predicted molar refractivity (Wildman–Crippen MR) is 121 cm³/mol. The number of carbonyl (C=O) groups is 1. The van der Waals surface area contributed by atoms with Crippen LogP contribution in [-0.4, -0.2) is 46.3 Å². The molecule has 2 aromatic rings. The zero-order chi connectivity index (χ0) is 21.5. The van der Waals surface area contributed by atoms with Gasteiger partial charge < -0.3 is 19.3 Å². The third-order valence-corrected chi connectivity index (χ3v) is 13.9. The van der Waals surface area contributed by atoms with Crippen molar-refractivity contribution in [2.24, 2.45) is 0 Å². The van der Waals surface area contributed by atoms with Crippen molar-refractivity contribution in [2.45, 2.75) is 83.2 Å². The van der Waals surface area contributed by atoms with Crippen molar-refractivity contribution < 1.29 is 15.0 Å². The van der Waals surface area contributed by atoms with Crippen LogP contribution in [-0.2, 0) is 0 Å². The number of aliphatic hydroxyl groups excluding tert-OH is 1. The molecule has 0 spiro atoms. The molecular weight excluding hydrogens is 380 g/mol. The minimum absolute atomic E-state index is 0.365. The van der Waals surface area contributed by atoms with Crippen LogP contribution in [0.3, 0.4) is 0 Å². The van der Waals surface area contributed by atoms with Gasteiger partial charge in [0.15, 0.2) is 8.24 Å². The van der Waals surface area contributed by atoms with Crippen molar-refractivity contribution in [3.63, 3.8) is 0 Å². The zero-order valence-corrected chi connectivity index (χ0v) is 19.6. The molecule has 1 aliphatic heterocycles. The van der Waals surface area contributed by atoms with Gasteiger partial charge in [-0.15, -0.1) is 0 Å². The lowest BCUT2D eigenvalue weighted by molar-refractivity contribution is 0.0678. The highest BCUT2D eigenvalue weighted by atomic mass is 28.3. The van der Waals surface area contributed by atoms with Gasteiger partial charge in [0.25, 0.3) is 0 Å². The summed E-state index contributed by atoms with van der Waals surface area (Å²) < 4.78 is 2.54. The Kier molecular flexibility index (Phi) is 6.15. The molecule has 6 heteroatoms. The lowest BCUT2D eigenvalue weighted by Crippen LogP contribution is -2.51. The average molecular weight is 417 g/mol. The number of hydrogen-bond donors (Lipinski definition) is 2. The zero-order valence-electron chi connectivity index (χ0n) is 18.6. The summed E-state index contributed by atoms with van der Waals surface area (Å²) in [6, 6.07) is 7.95. The number of hydrogen-bond acceptors (Lipinski definition) is 2. The van der Waals surface area contributed by atoms with E-state index in [-0.39, 0.29) is 6.04 Å². The van der Waals surface area contributed by atoms with Crippen LogP contribution in [0.15, 0.2) is 30.5 Å². The van der Waals surface area contributed by atoms with E-state index in [0.29, 0.717) is 29.6 Å². The summed E-state index contributed by atoms with van der Waals surface area (Å²) in [5.74, 6) is 0. The molecule has 0 saturated carbocycles. The van der Waals surface area contributed by atoms with E-state index in [0.717, 1.165) is 12.0 Å². The number of amides is 1. The highest BCUT2D eigenvalue weighted by Crippen LogP contribution is 2.44. The van der Waals surface area contributed by atoms with Crippen LogP contribution in [0, 0.1) is 0 Å². The normalized spacial score (nSPS) is 19.1. The van der Waals surface area contributed by atoms with Gasteiger partial charge in [-0.2, -0.15) is 0 Å².